The molecule has 2 aromatic carbocycles. The topological polar surface area (TPSA) is 181 Å². The number of benzene rings is 2. The molecule has 0 saturated carbocycles. The van der Waals surface area contributed by atoms with Gasteiger partial charge in [0.25, 0.3) is 0 Å². The summed E-state index contributed by atoms with van der Waals surface area (Å²) >= 11 is 0. The SMILES string of the molecule is COc1cc([C@@H]2CC(=O)c3c(O)cc(O[C@@H]4O[C@H](COC(C)=O)[C@@H](O)[C@H](O)[C@H]4O)cc3O2)ccc1O. The van der Waals surface area contributed by atoms with Crippen molar-refractivity contribution in [3.63, 3.8) is 0 Å². The molecular formula is C24H26O12. The molecule has 0 radical (unpaired) electrons. The first-order valence-electron chi connectivity index (χ1n) is 11.0. The van der Waals surface area contributed by atoms with Crippen molar-refractivity contribution < 1.29 is 58.8 Å². The van der Waals surface area contributed by atoms with E-state index in [2.05, 4.69) is 0 Å². The van der Waals surface area contributed by atoms with Crippen molar-refractivity contribution in [2.45, 2.75) is 50.2 Å². The molecule has 2 heterocycles. The maximum atomic E-state index is 12.8. The van der Waals surface area contributed by atoms with Crippen LogP contribution in [0.5, 0.6) is 28.7 Å². The van der Waals surface area contributed by atoms with E-state index in [1.165, 1.54) is 25.3 Å². The van der Waals surface area contributed by atoms with E-state index in [4.69, 9.17) is 23.7 Å². The quantitative estimate of drug-likeness (QED) is 0.344. The zero-order valence-corrected chi connectivity index (χ0v) is 19.4. The smallest absolute Gasteiger partial charge is 0.302 e. The minimum Gasteiger partial charge on any atom is -0.507 e. The third-order valence-electron chi connectivity index (χ3n) is 5.92. The Labute approximate surface area is 205 Å². The van der Waals surface area contributed by atoms with Gasteiger partial charge in [-0.15, -0.1) is 0 Å². The lowest BCUT2D eigenvalue weighted by Gasteiger charge is -2.40. The molecule has 1 fully saturated rings. The van der Waals surface area contributed by atoms with E-state index in [9.17, 15) is 35.1 Å². The summed E-state index contributed by atoms with van der Waals surface area (Å²) in [6.45, 7) is 0.762. The van der Waals surface area contributed by atoms with Crippen molar-refractivity contribution in [2.24, 2.45) is 0 Å². The molecule has 5 N–H and O–H groups in total. The van der Waals surface area contributed by atoms with Gasteiger partial charge in [0.05, 0.1) is 13.5 Å². The molecule has 1 saturated heterocycles. The number of carbonyl (C=O) groups is 2. The van der Waals surface area contributed by atoms with Gasteiger partial charge < -0.3 is 49.2 Å². The van der Waals surface area contributed by atoms with E-state index in [0.29, 0.717) is 5.56 Å². The Morgan fingerprint density at radius 2 is 1.81 bits per heavy atom. The molecule has 0 aromatic heterocycles. The molecule has 6 atom stereocenters. The second-order valence-electron chi connectivity index (χ2n) is 8.42. The maximum absolute atomic E-state index is 12.8. The van der Waals surface area contributed by atoms with Crippen LogP contribution in [0.3, 0.4) is 0 Å². The van der Waals surface area contributed by atoms with Gasteiger partial charge in [-0.05, 0) is 17.7 Å². The summed E-state index contributed by atoms with van der Waals surface area (Å²) in [5.74, 6) is -1.42. The predicted molar refractivity (Wildman–Crippen MR) is 119 cm³/mol. The molecule has 0 bridgehead atoms. The highest BCUT2D eigenvalue weighted by Gasteiger charge is 2.45. The van der Waals surface area contributed by atoms with E-state index in [-0.39, 0.29) is 35.0 Å². The van der Waals surface area contributed by atoms with E-state index >= 15 is 0 Å². The fourth-order valence-electron chi connectivity index (χ4n) is 4.05. The Morgan fingerprint density at radius 1 is 1.06 bits per heavy atom. The Bertz CT molecular complexity index is 1150. The van der Waals surface area contributed by atoms with Gasteiger partial charge in [0, 0.05) is 19.1 Å². The van der Waals surface area contributed by atoms with Gasteiger partial charge in [-0.25, -0.2) is 0 Å². The molecule has 0 unspecified atom stereocenters. The standard InChI is InChI=1S/C24H26O12/c1-10(25)33-9-19-21(29)22(30)23(31)24(36-19)34-12-6-14(27)20-15(28)8-16(35-18(20)7-12)11-3-4-13(26)17(5-11)32-2/h3-7,16,19,21-24,26-27,29-31H,8-9H2,1-2H3/t16-,19+,21+,22-,23+,24+/m0/s1. The monoisotopic (exact) mass is 506 g/mol. The number of esters is 1. The summed E-state index contributed by atoms with van der Waals surface area (Å²) in [5.41, 5.74) is 0.489. The fraction of sp³-hybridized carbons (Fsp3) is 0.417. The molecule has 12 nitrogen and oxygen atoms in total. The second kappa shape index (κ2) is 10.2. The van der Waals surface area contributed by atoms with Crippen molar-refractivity contribution in [1.29, 1.82) is 0 Å². The van der Waals surface area contributed by atoms with E-state index in [0.717, 1.165) is 13.0 Å². The molecule has 0 aliphatic carbocycles. The molecule has 2 aromatic rings. The van der Waals surface area contributed by atoms with Gasteiger partial charge in [0.1, 0.15) is 59.9 Å². The molecule has 2 aliphatic heterocycles. The Balaban J connectivity index is 1.57. The zero-order chi connectivity index (χ0) is 26.1. The molecule has 12 heteroatoms. The Morgan fingerprint density at radius 3 is 2.50 bits per heavy atom. The first kappa shape index (κ1) is 25.5. The van der Waals surface area contributed by atoms with Crippen LogP contribution in [0.15, 0.2) is 30.3 Å². The zero-order valence-electron chi connectivity index (χ0n) is 19.4. The molecule has 0 amide bonds. The summed E-state index contributed by atoms with van der Waals surface area (Å²) in [4.78, 5) is 23.9. The van der Waals surface area contributed by atoms with Crippen LogP contribution in [0.1, 0.15) is 35.4 Å². The highest BCUT2D eigenvalue weighted by Crippen LogP contribution is 2.43. The summed E-state index contributed by atoms with van der Waals surface area (Å²) < 4.78 is 27.0. The first-order chi connectivity index (χ1) is 17.1. The number of aliphatic hydroxyl groups is 3. The summed E-state index contributed by atoms with van der Waals surface area (Å²) in [6.07, 6.45) is -8.47. The van der Waals surface area contributed by atoms with Gasteiger partial charge in [-0.1, -0.05) is 6.07 Å². The molecule has 194 valence electrons. The van der Waals surface area contributed by atoms with Gasteiger partial charge in [0.15, 0.2) is 17.3 Å². The lowest BCUT2D eigenvalue weighted by molar-refractivity contribution is -0.278. The van der Waals surface area contributed by atoms with Crippen molar-refractivity contribution >= 4 is 11.8 Å². The average molecular weight is 506 g/mol. The van der Waals surface area contributed by atoms with E-state index in [1.54, 1.807) is 6.07 Å². The number of aromatic hydroxyl groups is 2. The number of ketones is 1. The number of phenolic OH excluding ortho intramolecular Hbond substituents is 2. The second-order valence-corrected chi connectivity index (χ2v) is 8.42. The number of fused-ring (bicyclic) bond motifs is 1. The van der Waals surface area contributed by atoms with Crippen molar-refractivity contribution in [3.8, 4) is 28.7 Å². The van der Waals surface area contributed by atoms with Gasteiger partial charge >= 0.3 is 5.97 Å². The average Bonchev–Trinajstić information content (AvgIpc) is 2.83. The number of Topliss-reactive ketones (excluding diaryl/α,β-unsaturated/α-hetero) is 1. The number of ether oxygens (including phenoxy) is 5. The van der Waals surface area contributed by atoms with Gasteiger partial charge in [0.2, 0.25) is 6.29 Å². The van der Waals surface area contributed by atoms with E-state index in [1.807, 2.05) is 0 Å². The van der Waals surface area contributed by atoms with Crippen LogP contribution < -0.4 is 14.2 Å². The third-order valence-corrected chi connectivity index (χ3v) is 5.92. The maximum Gasteiger partial charge on any atom is 0.302 e. The van der Waals surface area contributed by atoms with Gasteiger partial charge in [-0.2, -0.15) is 0 Å². The minimum atomic E-state index is -1.69. The normalized spacial score (nSPS) is 27.5. The van der Waals surface area contributed by atoms with Gasteiger partial charge in [-0.3, -0.25) is 9.59 Å². The van der Waals surface area contributed by atoms with Crippen LogP contribution in [-0.2, 0) is 14.3 Å². The third kappa shape index (κ3) is 5.02. The van der Waals surface area contributed by atoms with Crippen molar-refractivity contribution in [1.82, 2.24) is 0 Å². The van der Waals surface area contributed by atoms with Crippen molar-refractivity contribution in [2.75, 3.05) is 13.7 Å². The molecule has 36 heavy (non-hydrogen) atoms. The number of carbonyl (C=O) groups excluding carboxylic acids is 2. The predicted octanol–water partition coefficient (Wildman–Crippen LogP) is 0.562. The van der Waals surface area contributed by atoms with Crippen LogP contribution in [0.4, 0.5) is 0 Å². The number of aliphatic hydroxyl groups excluding tert-OH is 3. The number of methoxy groups -OCH3 is 1. The summed E-state index contributed by atoms with van der Waals surface area (Å²) in [5, 5.41) is 51.0. The highest BCUT2D eigenvalue weighted by molar-refractivity contribution is 6.02. The van der Waals surface area contributed by atoms with Crippen LogP contribution in [0.2, 0.25) is 0 Å². The summed E-state index contributed by atoms with van der Waals surface area (Å²) in [7, 11) is 1.39. The molecule has 0 spiro atoms. The van der Waals surface area contributed by atoms with Crippen LogP contribution in [0.25, 0.3) is 0 Å². The first-order valence-corrected chi connectivity index (χ1v) is 11.0. The molecular weight excluding hydrogens is 480 g/mol. The largest absolute Gasteiger partial charge is 0.507 e. The lowest BCUT2D eigenvalue weighted by atomic mass is 9.95. The summed E-state index contributed by atoms with van der Waals surface area (Å²) in [6, 6.07) is 6.94. The number of hydrogen-bond acceptors (Lipinski definition) is 12. The molecule has 2 aliphatic rings. The number of hydrogen-bond donors (Lipinski definition) is 5. The lowest BCUT2D eigenvalue weighted by Crippen LogP contribution is -2.60. The Hall–Kier alpha value is -3.58. The van der Waals surface area contributed by atoms with Crippen LogP contribution in [-0.4, -0.2) is 81.7 Å². The van der Waals surface area contributed by atoms with Crippen LogP contribution in [0, 0.1) is 0 Å². The number of phenols is 2. The highest BCUT2D eigenvalue weighted by atomic mass is 16.7. The Kier molecular flexibility index (Phi) is 7.22. The van der Waals surface area contributed by atoms with E-state index < -0.39 is 60.9 Å². The number of rotatable bonds is 6. The van der Waals surface area contributed by atoms with Crippen molar-refractivity contribution in [3.05, 3.63) is 41.5 Å². The minimum absolute atomic E-state index is 0.000590. The van der Waals surface area contributed by atoms with Crippen LogP contribution >= 0.6 is 0 Å². The molecule has 4 rings (SSSR count). The fourth-order valence-corrected chi connectivity index (χ4v) is 4.05.